The molecule has 216 valence electrons. The number of hydrogen-bond donors (Lipinski definition) is 0. The highest BCUT2D eigenvalue weighted by Gasteiger charge is 2.69. The van der Waals surface area contributed by atoms with E-state index in [0.717, 1.165) is 44.9 Å². The highest BCUT2D eigenvalue weighted by molar-refractivity contribution is 5.96. The van der Waals surface area contributed by atoms with Crippen LogP contribution >= 0.6 is 0 Å². The molecule has 5 aliphatic carbocycles. The first kappa shape index (κ1) is 28.6. The van der Waals surface area contributed by atoms with Crippen molar-refractivity contribution in [2.24, 2.45) is 44.8 Å². The van der Waals surface area contributed by atoms with Crippen molar-refractivity contribution in [3.63, 3.8) is 0 Å². The molecule has 0 radical (unpaired) electrons. The lowest BCUT2D eigenvalue weighted by Gasteiger charge is -2.67. The zero-order chi connectivity index (χ0) is 28.6. The highest BCUT2D eigenvalue weighted by Crippen LogP contribution is 2.74. The third-order valence-electron chi connectivity index (χ3n) is 13.0. The van der Waals surface area contributed by atoms with Crippen molar-refractivity contribution >= 4 is 17.7 Å². The third-order valence-corrected chi connectivity index (χ3v) is 13.0. The minimum Gasteiger partial charge on any atom is -0.463 e. The second-order valence-electron chi connectivity index (χ2n) is 15.2. The lowest BCUT2D eigenvalue weighted by molar-refractivity contribution is -0.172. The van der Waals surface area contributed by atoms with Gasteiger partial charge in [-0.2, -0.15) is 0 Å². The summed E-state index contributed by atoms with van der Waals surface area (Å²) in [6.45, 7) is 17.8. The molecule has 0 amide bonds. The van der Waals surface area contributed by atoms with Crippen LogP contribution in [0, 0.1) is 44.8 Å². The average Bonchev–Trinajstić information content (AvgIpc) is 3.22. The zero-order valence-corrected chi connectivity index (χ0v) is 25.6. The van der Waals surface area contributed by atoms with E-state index in [1.54, 1.807) is 12.5 Å². The zero-order valence-electron chi connectivity index (χ0n) is 25.6. The second kappa shape index (κ2) is 9.31. The standard InChI is InChI=1S/C34H50O5/c1-9-38-27(36)20-39-29(37)31(5)15-14-30(4)16-17-33(7)24(25(30)19-31)18-26(35)28-32(6)12-10-22(21(2)3)23(32)11-13-34(28,33)8/h18,23,25,28H,9-17,19-20H2,1-8H3/t23?,25?,28?,30-,31+,32+,33-,34-/m1/s1. The van der Waals surface area contributed by atoms with Gasteiger partial charge in [0, 0.05) is 5.92 Å². The van der Waals surface area contributed by atoms with E-state index in [1.807, 2.05) is 6.92 Å². The summed E-state index contributed by atoms with van der Waals surface area (Å²) in [7, 11) is 0. The van der Waals surface area contributed by atoms with Crippen LogP contribution in [0.2, 0.25) is 0 Å². The predicted octanol–water partition coefficient (Wildman–Crippen LogP) is 7.38. The molecule has 0 bridgehead atoms. The summed E-state index contributed by atoms with van der Waals surface area (Å²) in [4.78, 5) is 39.5. The maximum absolute atomic E-state index is 14.3. The lowest BCUT2D eigenvalue weighted by atomic mass is 9.36. The van der Waals surface area contributed by atoms with E-state index < -0.39 is 11.4 Å². The molecule has 8 atom stereocenters. The summed E-state index contributed by atoms with van der Waals surface area (Å²) in [5.74, 6) is 0.229. The first-order valence-electron chi connectivity index (χ1n) is 15.4. The van der Waals surface area contributed by atoms with E-state index in [4.69, 9.17) is 9.47 Å². The number of allylic oxidation sites excluding steroid dienone is 4. The second-order valence-corrected chi connectivity index (χ2v) is 15.2. The molecular weight excluding hydrogens is 488 g/mol. The molecule has 4 saturated carbocycles. The van der Waals surface area contributed by atoms with Crippen LogP contribution in [-0.2, 0) is 23.9 Å². The van der Waals surface area contributed by atoms with E-state index in [2.05, 4.69) is 47.6 Å². The number of hydrogen-bond acceptors (Lipinski definition) is 5. The molecule has 0 spiro atoms. The molecule has 3 unspecified atom stereocenters. The fourth-order valence-electron chi connectivity index (χ4n) is 10.3. The minimum absolute atomic E-state index is 0.0143. The Labute approximate surface area is 235 Å². The Bertz CT molecular complexity index is 1140. The summed E-state index contributed by atoms with van der Waals surface area (Å²) in [6.07, 6.45) is 11.1. The predicted molar refractivity (Wildman–Crippen MR) is 152 cm³/mol. The summed E-state index contributed by atoms with van der Waals surface area (Å²) in [5, 5.41) is 0. The number of ether oxygens (including phenoxy) is 2. The van der Waals surface area contributed by atoms with Crippen molar-refractivity contribution in [1.29, 1.82) is 0 Å². The Kier molecular flexibility index (Phi) is 6.83. The normalized spacial score (nSPS) is 44.8. The summed E-state index contributed by atoms with van der Waals surface area (Å²) in [6, 6.07) is 0. The van der Waals surface area contributed by atoms with Crippen LogP contribution in [0.1, 0.15) is 113 Å². The van der Waals surface area contributed by atoms with Crippen molar-refractivity contribution in [3.8, 4) is 0 Å². The molecule has 0 aromatic carbocycles. The molecule has 5 rings (SSSR count). The van der Waals surface area contributed by atoms with Gasteiger partial charge in [0.2, 0.25) is 0 Å². The Morgan fingerprint density at radius 2 is 1.62 bits per heavy atom. The molecule has 39 heavy (non-hydrogen) atoms. The maximum Gasteiger partial charge on any atom is 0.344 e. The Morgan fingerprint density at radius 1 is 0.923 bits per heavy atom. The number of ketones is 1. The lowest BCUT2D eigenvalue weighted by Crippen LogP contribution is -2.63. The van der Waals surface area contributed by atoms with Crippen LogP contribution in [0.25, 0.3) is 0 Å². The number of fused-ring (bicyclic) bond motifs is 7. The van der Waals surface area contributed by atoms with Gasteiger partial charge in [-0.1, -0.05) is 44.4 Å². The van der Waals surface area contributed by atoms with Gasteiger partial charge in [0.05, 0.1) is 12.0 Å². The van der Waals surface area contributed by atoms with E-state index in [-0.39, 0.29) is 52.7 Å². The smallest absolute Gasteiger partial charge is 0.344 e. The Hall–Kier alpha value is -1.91. The molecule has 0 aliphatic heterocycles. The average molecular weight is 539 g/mol. The fraction of sp³-hybridized carbons (Fsp3) is 0.794. The highest BCUT2D eigenvalue weighted by atomic mass is 16.6. The van der Waals surface area contributed by atoms with Crippen LogP contribution < -0.4 is 0 Å². The van der Waals surface area contributed by atoms with Gasteiger partial charge in [0.25, 0.3) is 0 Å². The van der Waals surface area contributed by atoms with Crippen molar-refractivity contribution in [3.05, 3.63) is 22.8 Å². The van der Waals surface area contributed by atoms with Gasteiger partial charge in [0.15, 0.2) is 12.4 Å². The van der Waals surface area contributed by atoms with Crippen LogP contribution in [0.4, 0.5) is 0 Å². The van der Waals surface area contributed by atoms with Gasteiger partial charge in [-0.15, -0.1) is 0 Å². The van der Waals surface area contributed by atoms with Crippen molar-refractivity contribution < 1.29 is 23.9 Å². The Balaban J connectivity index is 1.49. The number of rotatable bonds is 4. The molecule has 4 fully saturated rings. The van der Waals surface area contributed by atoms with Gasteiger partial charge in [-0.05, 0) is 125 Å². The van der Waals surface area contributed by atoms with Gasteiger partial charge in [-0.3, -0.25) is 9.59 Å². The summed E-state index contributed by atoms with van der Waals surface area (Å²) < 4.78 is 10.4. The number of esters is 2. The summed E-state index contributed by atoms with van der Waals surface area (Å²) >= 11 is 0. The molecule has 0 N–H and O–H groups in total. The van der Waals surface area contributed by atoms with E-state index in [1.165, 1.54) is 17.6 Å². The van der Waals surface area contributed by atoms with Crippen LogP contribution in [0.3, 0.4) is 0 Å². The Morgan fingerprint density at radius 3 is 2.28 bits per heavy atom. The van der Waals surface area contributed by atoms with Crippen LogP contribution in [0.15, 0.2) is 22.8 Å². The quantitative estimate of drug-likeness (QED) is 0.276. The number of carbonyl (C=O) groups is 3. The first-order chi connectivity index (χ1) is 18.2. The molecule has 0 aromatic heterocycles. The topological polar surface area (TPSA) is 69.7 Å². The fourth-order valence-corrected chi connectivity index (χ4v) is 10.3. The van der Waals surface area contributed by atoms with E-state index in [0.29, 0.717) is 18.1 Å². The molecule has 0 saturated heterocycles. The monoisotopic (exact) mass is 538 g/mol. The van der Waals surface area contributed by atoms with E-state index in [9.17, 15) is 14.4 Å². The maximum atomic E-state index is 14.3. The third kappa shape index (κ3) is 4.02. The molecule has 5 heteroatoms. The van der Waals surface area contributed by atoms with Gasteiger partial charge in [-0.25, -0.2) is 4.79 Å². The SMILES string of the molecule is CCOC(=O)COC(=O)[C@@]1(C)CC[C@]2(C)CC[C@]3(C)C(=CC(=O)C4[C@@]5(C)CCC(=C(C)C)C5CC[C@]43C)C2C1. The molecule has 5 aliphatic rings. The first-order valence-corrected chi connectivity index (χ1v) is 15.4. The van der Waals surface area contributed by atoms with Crippen molar-refractivity contribution in [2.45, 2.75) is 113 Å². The van der Waals surface area contributed by atoms with Gasteiger partial charge in [0.1, 0.15) is 0 Å². The molecule has 5 nitrogen and oxygen atoms in total. The van der Waals surface area contributed by atoms with Crippen LogP contribution in [0.5, 0.6) is 0 Å². The minimum atomic E-state index is -0.677. The molecule has 0 heterocycles. The van der Waals surface area contributed by atoms with Crippen molar-refractivity contribution in [1.82, 2.24) is 0 Å². The molecule has 0 aromatic rings. The van der Waals surface area contributed by atoms with Crippen LogP contribution in [-0.4, -0.2) is 30.9 Å². The van der Waals surface area contributed by atoms with Crippen molar-refractivity contribution in [2.75, 3.05) is 13.2 Å². The summed E-state index contributed by atoms with van der Waals surface area (Å²) in [5.41, 5.74) is 3.60. The number of carbonyl (C=O) groups excluding carboxylic acids is 3. The largest absolute Gasteiger partial charge is 0.463 e. The van der Waals surface area contributed by atoms with Gasteiger partial charge < -0.3 is 9.47 Å². The van der Waals surface area contributed by atoms with E-state index >= 15 is 0 Å². The molecular formula is C34H50O5. The van der Waals surface area contributed by atoms with Gasteiger partial charge >= 0.3 is 11.9 Å².